The number of hydrogen-bond donors (Lipinski definition) is 1. The van der Waals surface area contributed by atoms with Gasteiger partial charge in [0.15, 0.2) is 0 Å². The minimum atomic E-state index is -0.216. The summed E-state index contributed by atoms with van der Waals surface area (Å²) in [7, 11) is 0. The van der Waals surface area contributed by atoms with Gasteiger partial charge in [0.25, 0.3) is 0 Å². The molecule has 2 atom stereocenters. The van der Waals surface area contributed by atoms with E-state index in [0.29, 0.717) is 17.6 Å². The van der Waals surface area contributed by atoms with Crippen LogP contribution in [-0.2, 0) is 0 Å². The standard InChI is InChI=1S/C17H19N3O/c1-3-11(2)15(18)17-19-16(20-21-17)14-10-6-8-12-7-4-5-9-13(12)14/h4-11,15H,3,18H2,1-2H3/t11-,15-/m0/s1. The molecule has 0 radical (unpaired) electrons. The predicted molar refractivity (Wildman–Crippen MR) is 83.6 cm³/mol. The Bertz CT molecular complexity index is 745. The molecule has 4 nitrogen and oxygen atoms in total. The number of nitrogens with zero attached hydrogens (tertiary/aromatic N) is 2. The van der Waals surface area contributed by atoms with Gasteiger partial charge in [-0.2, -0.15) is 4.98 Å². The van der Waals surface area contributed by atoms with Gasteiger partial charge in [-0.25, -0.2) is 0 Å². The monoisotopic (exact) mass is 281 g/mol. The van der Waals surface area contributed by atoms with Gasteiger partial charge in [0, 0.05) is 5.56 Å². The normalized spacial score (nSPS) is 14.2. The SMILES string of the molecule is CC[C@H](C)[C@H](N)c1nc(-c2cccc3ccccc23)no1. The third-order valence-electron chi connectivity index (χ3n) is 4.01. The summed E-state index contributed by atoms with van der Waals surface area (Å²) in [5.41, 5.74) is 7.13. The highest BCUT2D eigenvalue weighted by Gasteiger charge is 2.21. The van der Waals surface area contributed by atoms with E-state index < -0.39 is 0 Å². The summed E-state index contributed by atoms with van der Waals surface area (Å²) in [4.78, 5) is 4.50. The molecule has 0 saturated carbocycles. The Hall–Kier alpha value is -2.20. The van der Waals surface area contributed by atoms with Crippen LogP contribution in [0.25, 0.3) is 22.2 Å². The average molecular weight is 281 g/mol. The van der Waals surface area contributed by atoms with Crippen LogP contribution >= 0.6 is 0 Å². The molecule has 0 fully saturated rings. The molecular formula is C17H19N3O. The summed E-state index contributed by atoms with van der Waals surface area (Å²) < 4.78 is 5.37. The van der Waals surface area contributed by atoms with Gasteiger partial charge in [0.05, 0.1) is 6.04 Å². The molecule has 0 unspecified atom stereocenters. The zero-order valence-electron chi connectivity index (χ0n) is 12.3. The number of aromatic nitrogens is 2. The largest absolute Gasteiger partial charge is 0.337 e. The molecule has 0 amide bonds. The highest BCUT2D eigenvalue weighted by atomic mass is 16.5. The highest BCUT2D eigenvalue weighted by molar-refractivity contribution is 5.94. The third-order valence-corrected chi connectivity index (χ3v) is 4.01. The summed E-state index contributed by atoms with van der Waals surface area (Å²) in [6, 6.07) is 14.0. The quantitative estimate of drug-likeness (QED) is 0.786. The Morgan fingerprint density at radius 1 is 1.14 bits per heavy atom. The number of hydrogen-bond acceptors (Lipinski definition) is 4. The Labute approximate surface area is 124 Å². The minimum absolute atomic E-state index is 0.216. The van der Waals surface area contributed by atoms with Crippen molar-refractivity contribution in [1.29, 1.82) is 0 Å². The molecule has 3 rings (SSSR count). The molecule has 0 saturated heterocycles. The maximum Gasteiger partial charge on any atom is 0.244 e. The molecule has 21 heavy (non-hydrogen) atoms. The van der Waals surface area contributed by atoms with Gasteiger partial charge in [-0.15, -0.1) is 0 Å². The van der Waals surface area contributed by atoms with Crippen LogP contribution in [0.3, 0.4) is 0 Å². The fourth-order valence-electron chi connectivity index (χ4n) is 2.40. The molecule has 0 aliphatic heterocycles. The Kier molecular flexibility index (Phi) is 3.71. The van der Waals surface area contributed by atoms with E-state index in [1.165, 1.54) is 0 Å². The van der Waals surface area contributed by atoms with Crippen LogP contribution in [0, 0.1) is 5.92 Å². The molecule has 3 aromatic rings. The Morgan fingerprint density at radius 3 is 2.71 bits per heavy atom. The van der Waals surface area contributed by atoms with Crippen molar-refractivity contribution in [2.75, 3.05) is 0 Å². The summed E-state index contributed by atoms with van der Waals surface area (Å²) >= 11 is 0. The van der Waals surface area contributed by atoms with Gasteiger partial charge in [-0.1, -0.05) is 67.9 Å². The van der Waals surface area contributed by atoms with E-state index in [9.17, 15) is 0 Å². The van der Waals surface area contributed by atoms with E-state index in [0.717, 1.165) is 22.8 Å². The first-order valence-electron chi connectivity index (χ1n) is 7.28. The zero-order valence-corrected chi connectivity index (χ0v) is 12.3. The number of benzene rings is 2. The smallest absolute Gasteiger partial charge is 0.244 e. The predicted octanol–water partition coefficient (Wildman–Crippen LogP) is 3.94. The van der Waals surface area contributed by atoms with Crippen molar-refractivity contribution in [3.05, 3.63) is 48.4 Å². The maximum atomic E-state index is 6.16. The molecule has 0 spiro atoms. The van der Waals surface area contributed by atoms with Crippen LogP contribution in [0.4, 0.5) is 0 Å². The van der Waals surface area contributed by atoms with Crippen molar-refractivity contribution in [3.8, 4) is 11.4 Å². The molecule has 1 heterocycles. The molecule has 0 bridgehead atoms. The lowest BCUT2D eigenvalue weighted by atomic mass is 10.00. The molecule has 4 heteroatoms. The number of nitrogens with two attached hydrogens (primary N) is 1. The second-order valence-electron chi connectivity index (χ2n) is 5.39. The van der Waals surface area contributed by atoms with Crippen LogP contribution in [-0.4, -0.2) is 10.1 Å². The van der Waals surface area contributed by atoms with Gasteiger partial charge < -0.3 is 10.3 Å². The second-order valence-corrected chi connectivity index (χ2v) is 5.39. The van der Waals surface area contributed by atoms with Gasteiger partial charge >= 0.3 is 0 Å². The van der Waals surface area contributed by atoms with E-state index in [4.69, 9.17) is 10.3 Å². The lowest BCUT2D eigenvalue weighted by Gasteiger charge is -2.13. The van der Waals surface area contributed by atoms with E-state index in [2.05, 4.69) is 42.2 Å². The summed E-state index contributed by atoms with van der Waals surface area (Å²) in [6.07, 6.45) is 0.979. The van der Waals surface area contributed by atoms with Crippen LogP contribution in [0.5, 0.6) is 0 Å². The first kappa shape index (κ1) is 13.8. The molecule has 0 aliphatic rings. The lowest BCUT2D eigenvalue weighted by molar-refractivity contribution is 0.312. The fourth-order valence-corrected chi connectivity index (χ4v) is 2.40. The fraction of sp³-hybridized carbons (Fsp3) is 0.294. The summed E-state index contributed by atoms with van der Waals surface area (Å²) in [5.74, 6) is 1.42. The minimum Gasteiger partial charge on any atom is -0.337 e. The van der Waals surface area contributed by atoms with Crippen molar-refractivity contribution >= 4 is 10.8 Å². The van der Waals surface area contributed by atoms with Crippen LogP contribution in [0.2, 0.25) is 0 Å². The van der Waals surface area contributed by atoms with Gasteiger partial charge in [-0.05, 0) is 16.7 Å². The van der Waals surface area contributed by atoms with Crippen LogP contribution in [0.15, 0.2) is 47.0 Å². The van der Waals surface area contributed by atoms with E-state index in [1.54, 1.807) is 0 Å². The van der Waals surface area contributed by atoms with E-state index >= 15 is 0 Å². The third kappa shape index (κ3) is 2.54. The second kappa shape index (κ2) is 5.66. The lowest BCUT2D eigenvalue weighted by Crippen LogP contribution is -2.18. The van der Waals surface area contributed by atoms with Crippen molar-refractivity contribution in [3.63, 3.8) is 0 Å². The van der Waals surface area contributed by atoms with Crippen LogP contribution in [0.1, 0.15) is 32.2 Å². The molecule has 108 valence electrons. The average Bonchev–Trinajstić information content (AvgIpc) is 3.02. The highest BCUT2D eigenvalue weighted by Crippen LogP contribution is 2.28. The van der Waals surface area contributed by atoms with Crippen molar-refractivity contribution in [2.24, 2.45) is 11.7 Å². The Balaban J connectivity index is 2.02. The maximum absolute atomic E-state index is 6.16. The molecule has 2 aromatic carbocycles. The topological polar surface area (TPSA) is 64.9 Å². The molecule has 2 N–H and O–H groups in total. The number of rotatable bonds is 4. The van der Waals surface area contributed by atoms with Crippen molar-refractivity contribution in [2.45, 2.75) is 26.3 Å². The first-order valence-corrected chi connectivity index (χ1v) is 7.28. The van der Waals surface area contributed by atoms with E-state index in [1.807, 2.05) is 24.3 Å². The summed E-state index contributed by atoms with van der Waals surface area (Å²) in [6.45, 7) is 4.19. The van der Waals surface area contributed by atoms with Gasteiger partial charge in [-0.3, -0.25) is 0 Å². The number of fused-ring (bicyclic) bond motifs is 1. The first-order chi connectivity index (χ1) is 10.2. The zero-order chi connectivity index (χ0) is 14.8. The molecular weight excluding hydrogens is 262 g/mol. The van der Waals surface area contributed by atoms with Crippen molar-refractivity contribution in [1.82, 2.24) is 10.1 Å². The van der Waals surface area contributed by atoms with Gasteiger partial charge in [0.2, 0.25) is 11.7 Å². The van der Waals surface area contributed by atoms with E-state index in [-0.39, 0.29) is 6.04 Å². The van der Waals surface area contributed by atoms with Crippen molar-refractivity contribution < 1.29 is 4.52 Å². The Morgan fingerprint density at radius 2 is 1.90 bits per heavy atom. The molecule has 1 aromatic heterocycles. The summed E-state index contributed by atoms with van der Waals surface area (Å²) in [5, 5.41) is 6.38. The molecule has 0 aliphatic carbocycles. The van der Waals surface area contributed by atoms with Gasteiger partial charge in [0.1, 0.15) is 0 Å². The van der Waals surface area contributed by atoms with Crippen LogP contribution < -0.4 is 5.73 Å².